The second-order valence-corrected chi connectivity index (χ2v) is 4.93. The van der Waals surface area contributed by atoms with Crippen molar-refractivity contribution in [3.8, 4) is 6.07 Å². The van der Waals surface area contributed by atoms with E-state index in [-0.39, 0.29) is 18.6 Å². The number of likely N-dealkylation sites (tertiary alicyclic amines) is 1. The van der Waals surface area contributed by atoms with Gasteiger partial charge in [-0.05, 0) is 43.0 Å². The Hall–Kier alpha value is -2.12. The van der Waals surface area contributed by atoms with Crippen LogP contribution in [0.3, 0.4) is 0 Å². The molecule has 1 aliphatic heterocycles. The third kappa shape index (κ3) is 3.46. The van der Waals surface area contributed by atoms with Gasteiger partial charge in [-0.3, -0.25) is 4.79 Å². The van der Waals surface area contributed by atoms with Crippen LogP contribution in [0.25, 0.3) is 6.08 Å². The highest BCUT2D eigenvalue weighted by Gasteiger charge is 2.24. The number of piperidine rings is 1. The van der Waals surface area contributed by atoms with Crippen LogP contribution in [0.15, 0.2) is 30.3 Å². The summed E-state index contributed by atoms with van der Waals surface area (Å²) in [5.41, 5.74) is 1.40. The molecular weight excluding hydrogens is 252 g/mol. The minimum absolute atomic E-state index is 0.0174. The van der Waals surface area contributed by atoms with Gasteiger partial charge in [-0.1, -0.05) is 12.1 Å². The van der Waals surface area contributed by atoms with E-state index in [1.807, 2.05) is 6.07 Å². The molecule has 4 heteroatoms. The molecule has 0 spiro atoms. The van der Waals surface area contributed by atoms with Crippen LogP contribution in [0.5, 0.6) is 0 Å². The fraction of sp³-hybridized carbons (Fsp3) is 0.375. The van der Waals surface area contributed by atoms with E-state index in [4.69, 9.17) is 5.26 Å². The van der Waals surface area contributed by atoms with Crippen molar-refractivity contribution in [2.75, 3.05) is 13.2 Å². The highest BCUT2D eigenvalue weighted by atomic mass is 16.3. The lowest BCUT2D eigenvalue weighted by atomic mass is 10.0. The van der Waals surface area contributed by atoms with Crippen molar-refractivity contribution in [2.45, 2.75) is 25.3 Å². The molecule has 1 saturated heterocycles. The molecule has 0 aliphatic carbocycles. The van der Waals surface area contributed by atoms with E-state index in [1.165, 1.54) is 6.08 Å². The maximum atomic E-state index is 12.2. The number of aliphatic hydroxyl groups excluding tert-OH is 1. The van der Waals surface area contributed by atoms with Gasteiger partial charge in [0, 0.05) is 12.6 Å². The van der Waals surface area contributed by atoms with Gasteiger partial charge in [-0.2, -0.15) is 5.26 Å². The van der Waals surface area contributed by atoms with Crippen LogP contribution in [-0.2, 0) is 4.79 Å². The van der Waals surface area contributed by atoms with Gasteiger partial charge in [-0.15, -0.1) is 0 Å². The van der Waals surface area contributed by atoms with Crippen LogP contribution < -0.4 is 0 Å². The third-order valence-electron chi connectivity index (χ3n) is 3.56. The molecule has 1 N–H and O–H groups in total. The Morgan fingerprint density at radius 1 is 1.50 bits per heavy atom. The van der Waals surface area contributed by atoms with Crippen LogP contribution in [-0.4, -0.2) is 35.1 Å². The van der Waals surface area contributed by atoms with Gasteiger partial charge in [0.15, 0.2) is 0 Å². The first-order chi connectivity index (χ1) is 9.74. The normalized spacial score (nSPS) is 19.0. The molecule has 0 bridgehead atoms. The fourth-order valence-electron chi connectivity index (χ4n) is 2.46. The van der Waals surface area contributed by atoms with Crippen molar-refractivity contribution in [1.82, 2.24) is 4.90 Å². The minimum atomic E-state index is -0.0777. The lowest BCUT2D eigenvalue weighted by Crippen LogP contribution is -2.44. The molecule has 4 nitrogen and oxygen atoms in total. The summed E-state index contributed by atoms with van der Waals surface area (Å²) in [6, 6.07) is 9.12. The Kier molecular flexibility index (Phi) is 4.91. The second-order valence-electron chi connectivity index (χ2n) is 4.93. The summed E-state index contributed by atoms with van der Waals surface area (Å²) in [4.78, 5) is 13.9. The number of nitrogens with zero attached hydrogens (tertiary/aromatic N) is 2. The summed E-state index contributed by atoms with van der Waals surface area (Å²) >= 11 is 0. The number of carbonyl (C=O) groups is 1. The average Bonchev–Trinajstić information content (AvgIpc) is 2.52. The lowest BCUT2D eigenvalue weighted by Gasteiger charge is -2.33. The molecule has 104 valence electrons. The zero-order valence-electron chi connectivity index (χ0n) is 11.3. The summed E-state index contributed by atoms with van der Waals surface area (Å²) < 4.78 is 0. The predicted molar refractivity (Wildman–Crippen MR) is 76.6 cm³/mol. The van der Waals surface area contributed by atoms with Crippen molar-refractivity contribution in [2.24, 2.45) is 0 Å². The second kappa shape index (κ2) is 6.88. The standard InChI is InChI=1S/C16H18N2O2/c17-11-14-5-3-4-13(10-14)7-8-16(20)18-9-2-1-6-15(18)12-19/h3-5,7-8,10,15,19H,1-2,6,9,12H2/b8-7+. The third-order valence-corrected chi connectivity index (χ3v) is 3.56. The number of nitriles is 1. The van der Waals surface area contributed by atoms with Gasteiger partial charge < -0.3 is 10.0 Å². The Balaban J connectivity index is 2.06. The first kappa shape index (κ1) is 14.3. The van der Waals surface area contributed by atoms with E-state index in [0.29, 0.717) is 12.1 Å². The Labute approximate surface area is 118 Å². The van der Waals surface area contributed by atoms with Gasteiger partial charge in [0.1, 0.15) is 0 Å². The zero-order chi connectivity index (χ0) is 14.4. The van der Waals surface area contributed by atoms with Gasteiger partial charge in [0.05, 0.1) is 24.3 Å². The Morgan fingerprint density at radius 2 is 2.35 bits per heavy atom. The van der Waals surface area contributed by atoms with E-state index in [9.17, 15) is 9.90 Å². The largest absolute Gasteiger partial charge is 0.394 e. The van der Waals surface area contributed by atoms with Crippen LogP contribution in [0.1, 0.15) is 30.4 Å². The van der Waals surface area contributed by atoms with Gasteiger partial charge >= 0.3 is 0 Å². The molecule has 1 aromatic carbocycles. The maximum Gasteiger partial charge on any atom is 0.246 e. The maximum absolute atomic E-state index is 12.2. The van der Waals surface area contributed by atoms with Gasteiger partial charge in [0.2, 0.25) is 5.91 Å². The Bertz CT molecular complexity index is 546. The molecule has 20 heavy (non-hydrogen) atoms. The molecule has 1 fully saturated rings. The number of aliphatic hydroxyl groups is 1. The summed E-state index contributed by atoms with van der Waals surface area (Å²) in [6.45, 7) is 0.718. The van der Waals surface area contributed by atoms with Crippen molar-refractivity contribution in [3.63, 3.8) is 0 Å². The molecule has 1 atom stereocenters. The number of amides is 1. The Morgan fingerprint density at radius 3 is 3.10 bits per heavy atom. The number of hydrogen-bond acceptors (Lipinski definition) is 3. The highest BCUT2D eigenvalue weighted by Crippen LogP contribution is 2.17. The topological polar surface area (TPSA) is 64.3 Å². The number of benzene rings is 1. The summed E-state index contributed by atoms with van der Waals surface area (Å²) in [5.74, 6) is -0.0777. The molecule has 1 aliphatic rings. The molecule has 1 heterocycles. The smallest absolute Gasteiger partial charge is 0.246 e. The molecular formula is C16H18N2O2. The van der Waals surface area contributed by atoms with E-state index in [0.717, 1.165) is 24.8 Å². The van der Waals surface area contributed by atoms with Crippen molar-refractivity contribution in [3.05, 3.63) is 41.5 Å². The first-order valence-corrected chi connectivity index (χ1v) is 6.84. The van der Waals surface area contributed by atoms with Crippen LogP contribution >= 0.6 is 0 Å². The summed E-state index contributed by atoms with van der Waals surface area (Å²) in [5, 5.41) is 18.1. The fourth-order valence-corrected chi connectivity index (χ4v) is 2.46. The van der Waals surface area contributed by atoms with Crippen molar-refractivity contribution >= 4 is 12.0 Å². The zero-order valence-corrected chi connectivity index (χ0v) is 11.3. The SMILES string of the molecule is N#Cc1cccc(/C=C/C(=O)N2CCCCC2CO)c1. The number of carbonyl (C=O) groups excluding carboxylic acids is 1. The molecule has 1 unspecified atom stereocenters. The van der Waals surface area contributed by atoms with Crippen molar-refractivity contribution < 1.29 is 9.90 Å². The molecule has 1 aromatic rings. The summed E-state index contributed by atoms with van der Waals surface area (Å²) in [6.07, 6.45) is 6.14. The van der Waals surface area contributed by atoms with Crippen LogP contribution in [0.4, 0.5) is 0 Å². The van der Waals surface area contributed by atoms with Crippen molar-refractivity contribution in [1.29, 1.82) is 5.26 Å². The lowest BCUT2D eigenvalue weighted by molar-refractivity contribution is -0.130. The monoisotopic (exact) mass is 270 g/mol. The van der Waals surface area contributed by atoms with E-state index in [2.05, 4.69) is 6.07 Å². The van der Waals surface area contributed by atoms with E-state index < -0.39 is 0 Å². The van der Waals surface area contributed by atoms with E-state index >= 15 is 0 Å². The van der Waals surface area contributed by atoms with Gasteiger partial charge in [0.25, 0.3) is 0 Å². The highest BCUT2D eigenvalue weighted by molar-refractivity contribution is 5.92. The molecule has 0 saturated carbocycles. The number of rotatable bonds is 3. The number of hydrogen-bond donors (Lipinski definition) is 1. The molecule has 0 radical (unpaired) electrons. The minimum Gasteiger partial charge on any atom is -0.394 e. The first-order valence-electron chi connectivity index (χ1n) is 6.84. The molecule has 2 rings (SSSR count). The van der Waals surface area contributed by atoms with Crippen LogP contribution in [0.2, 0.25) is 0 Å². The molecule has 1 amide bonds. The van der Waals surface area contributed by atoms with Crippen LogP contribution in [0, 0.1) is 11.3 Å². The van der Waals surface area contributed by atoms with E-state index in [1.54, 1.807) is 29.2 Å². The summed E-state index contributed by atoms with van der Waals surface area (Å²) in [7, 11) is 0. The molecule has 0 aromatic heterocycles. The quantitative estimate of drug-likeness (QED) is 0.854. The van der Waals surface area contributed by atoms with Gasteiger partial charge in [-0.25, -0.2) is 0 Å². The average molecular weight is 270 g/mol. The predicted octanol–water partition coefficient (Wildman–Crippen LogP) is 1.94.